The maximum Gasteiger partial charge on any atom is 0.269 e. The van der Waals surface area contributed by atoms with Gasteiger partial charge in [-0.05, 0) is 61.0 Å². The Balaban J connectivity index is 1.76. The van der Waals surface area contributed by atoms with Crippen LogP contribution in [0.4, 0.5) is 10.2 Å². The molecule has 1 amide bonds. The van der Waals surface area contributed by atoms with Crippen LogP contribution < -0.4 is 11.5 Å². The van der Waals surface area contributed by atoms with Crippen molar-refractivity contribution < 1.29 is 9.18 Å². The number of nitrogen functional groups attached to an aromatic ring is 1. The molecule has 162 valence electrons. The number of rotatable bonds is 4. The Hall–Kier alpha value is -4.66. The number of aryl methyl sites for hydroxylation is 1. The first kappa shape index (κ1) is 20.3. The summed E-state index contributed by atoms with van der Waals surface area (Å²) in [6.07, 6.45) is 3.12. The van der Waals surface area contributed by atoms with Gasteiger partial charge in [0.2, 0.25) is 0 Å². The van der Waals surface area contributed by atoms with Gasteiger partial charge in [0.15, 0.2) is 0 Å². The van der Waals surface area contributed by atoms with Gasteiger partial charge in [-0.2, -0.15) is 5.10 Å². The first-order chi connectivity index (χ1) is 15.9. The van der Waals surface area contributed by atoms with Crippen molar-refractivity contribution in [3.63, 3.8) is 0 Å². The summed E-state index contributed by atoms with van der Waals surface area (Å²) >= 11 is 0. The maximum absolute atomic E-state index is 13.6. The highest BCUT2D eigenvalue weighted by molar-refractivity contribution is 5.92. The van der Waals surface area contributed by atoms with Crippen LogP contribution in [0.2, 0.25) is 0 Å². The molecule has 0 saturated carbocycles. The number of halogens is 1. The van der Waals surface area contributed by atoms with Gasteiger partial charge in [-0.15, -0.1) is 0 Å². The van der Waals surface area contributed by atoms with Gasteiger partial charge in [0.25, 0.3) is 5.91 Å². The van der Waals surface area contributed by atoms with E-state index in [-0.39, 0.29) is 17.3 Å². The Bertz CT molecular complexity index is 1530. The summed E-state index contributed by atoms with van der Waals surface area (Å²) in [5.41, 5.74) is 16.7. The first-order valence-electron chi connectivity index (χ1n) is 10.0. The van der Waals surface area contributed by atoms with E-state index in [0.717, 1.165) is 27.7 Å². The highest BCUT2D eigenvalue weighted by Gasteiger charge is 2.17. The van der Waals surface area contributed by atoms with Crippen molar-refractivity contribution in [1.82, 2.24) is 24.7 Å². The first-order valence-corrected chi connectivity index (χ1v) is 10.0. The molecule has 8 nitrogen and oxygen atoms in total. The highest BCUT2D eigenvalue weighted by atomic mass is 19.1. The number of nitrogens with two attached hydrogens (primary N) is 2. The fourth-order valence-corrected chi connectivity index (χ4v) is 3.69. The largest absolute Gasteiger partial charge is 0.382 e. The van der Waals surface area contributed by atoms with Crippen LogP contribution in [0.25, 0.3) is 39.0 Å². The Kier molecular flexibility index (Phi) is 4.78. The maximum atomic E-state index is 13.6. The quantitative estimate of drug-likeness (QED) is 0.440. The van der Waals surface area contributed by atoms with Crippen LogP contribution >= 0.6 is 0 Å². The third-order valence-electron chi connectivity index (χ3n) is 5.38. The number of primary amides is 1. The normalized spacial score (nSPS) is 11.1. The van der Waals surface area contributed by atoms with E-state index in [9.17, 15) is 9.18 Å². The van der Waals surface area contributed by atoms with E-state index in [4.69, 9.17) is 11.5 Å². The summed E-state index contributed by atoms with van der Waals surface area (Å²) in [5.74, 6) is -0.801. The van der Waals surface area contributed by atoms with E-state index in [1.807, 2.05) is 31.2 Å². The van der Waals surface area contributed by atoms with Gasteiger partial charge in [0.1, 0.15) is 29.3 Å². The number of nitrogens with zero attached hydrogens (tertiary/aromatic N) is 5. The van der Waals surface area contributed by atoms with E-state index < -0.39 is 5.91 Å². The van der Waals surface area contributed by atoms with E-state index in [1.165, 1.54) is 29.2 Å². The number of fused-ring (bicyclic) bond motifs is 1. The molecule has 0 bridgehead atoms. The molecule has 0 fully saturated rings. The molecule has 0 radical (unpaired) electrons. The van der Waals surface area contributed by atoms with E-state index in [0.29, 0.717) is 16.9 Å². The van der Waals surface area contributed by atoms with Crippen molar-refractivity contribution in [2.75, 3.05) is 5.73 Å². The number of aromatic nitrogens is 5. The summed E-state index contributed by atoms with van der Waals surface area (Å²) in [4.78, 5) is 24.7. The molecule has 0 aliphatic rings. The zero-order valence-electron chi connectivity index (χ0n) is 17.5. The molecule has 0 spiro atoms. The van der Waals surface area contributed by atoms with Crippen LogP contribution in [0, 0.1) is 12.7 Å². The lowest BCUT2D eigenvalue weighted by Gasteiger charge is -2.15. The van der Waals surface area contributed by atoms with Crippen molar-refractivity contribution >= 4 is 22.6 Å². The predicted octanol–water partition coefficient (Wildman–Crippen LogP) is 3.67. The lowest BCUT2D eigenvalue weighted by Crippen LogP contribution is -2.13. The van der Waals surface area contributed by atoms with Gasteiger partial charge in [-0.25, -0.2) is 24.0 Å². The molecule has 9 heteroatoms. The van der Waals surface area contributed by atoms with E-state index in [2.05, 4.69) is 20.1 Å². The van der Waals surface area contributed by atoms with Gasteiger partial charge >= 0.3 is 0 Å². The summed E-state index contributed by atoms with van der Waals surface area (Å²) < 4.78 is 15.0. The van der Waals surface area contributed by atoms with Gasteiger partial charge in [0, 0.05) is 28.4 Å². The van der Waals surface area contributed by atoms with Crippen LogP contribution in [0.3, 0.4) is 0 Å². The Morgan fingerprint density at radius 3 is 2.48 bits per heavy atom. The second-order valence-corrected chi connectivity index (χ2v) is 7.50. The van der Waals surface area contributed by atoms with Crippen LogP contribution in [-0.4, -0.2) is 30.6 Å². The number of anilines is 1. The van der Waals surface area contributed by atoms with Gasteiger partial charge in [0.05, 0.1) is 11.2 Å². The summed E-state index contributed by atoms with van der Waals surface area (Å²) in [6, 6.07) is 15.2. The van der Waals surface area contributed by atoms with Crippen molar-refractivity contribution in [3.8, 4) is 28.1 Å². The van der Waals surface area contributed by atoms with Crippen molar-refractivity contribution in [1.29, 1.82) is 0 Å². The van der Waals surface area contributed by atoms with Gasteiger partial charge in [-0.1, -0.05) is 6.07 Å². The van der Waals surface area contributed by atoms with Crippen LogP contribution in [0.5, 0.6) is 0 Å². The minimum Gasteiger partial charge on any atom is -0.382 e. The monoisotopic (exact) mass is 439 g/mol. The molecule has 3 heterocycles. The summed E-state index contributed by atoms with van der Waals surface area (Å²) in [5, 5.41) is 5.10. The van der Waals surface area contributed by atoms with E-state index in [1.54, 1.807) is 18.3 Å². The molecule has 3 aromatic heterocycles. The molecule has 0 unspecified atom stereocenters. The fourth-order valence-electron chi connectivity index (χ4n) is 3.69. The van der Waals surface area contributed by atoms with Gasteiger partial charge in [-0.3, -0.25) is 4.79 Å². The molecular weight excluding hydrogens is 421 g/mol. The molecule has 2 aromatic carbocycles. The Morgan fingerprint density at radius 1 is 1.00 bits per heavy atom. The van der Waals surface area contributed by atoms with Crippen LogP contribution in [0.15, 0.2) is 67.1 Å². The smallest absolute Gasteiger partial charge is 0.269 e. The molecule has 5 rings (SSSR count). The second kappa shape index (κ2) is 7.79. The predicted molar refractivity (Wildman–Crippen MR) is 123 cm³/mol. The fraction of sp³-hybridized carbons (Fsp3) is 0.0417. The molecule has 0 atom stereocenters. The number of pyridine rings is 1. The zero-order chi connectivity index (χ0) is 23.1. The number of hydrogen-bond acceptors (Lipinski definition) is 6. The molecular formula is C24H18FN7O. The molecule has 4 N–H and O–H groups in total. The molecule has 5 aromatic rings. The number of hydrogen-bond donors (Lipinski definition) is 2. The molecule has 0 saturated heterocycles. The van der Waals surface area contributed by atoms with Crippen molar-refractivity contribution in [2.24, 2.45) is 5.73 Å². The number of amides is 1. The average Bonchev–Trinajstić information content (AvgIpc) is 3.30. The molecule has 33 heavy (non-hydrogen) atoms. The minimum atomic E-state index is -0.645. The zero-order valence-corrected chi connectivity index (χ0v) is 17.5. The third-order valence-corrected chi connectivity index (χ3v) is 5.38. The Morgan fingerprint density at radius 2 is 1.76 bits per heavy atom. The van der Waals surface area contributed by atoms with E-state index >= 15 is 0 Å². The van der Waals surface area contributed by atoms with Crippen LogP contribution in [-0.2, 0) is 0 Å². The van der Waals surface area contributed by atoms with Gasteiger partial charge < -0.3 is 11.5 Å². The molecule has 0 aliphatic carbocycles. The summed E-state index contributed by atoms with van der Waals surface area (Å²) in [6.45, 7) is 1.91. The SMILES string of the molecule is Cc1ncnc2ccc(-c3cc(-n4ccc(C(N)=O)n4)c(N)nc3-c3ccc(F)cc3)cc12. The lowest BCUT2D eigenvalue weighted by molar-refractivity contribution is 0.0995. The number of carbonyl (C=O) groups is 1. The number of carbonyl (C=O) groups excluding carboxylic acids is 1. The topological polar surface area (TPSA) is 126 Å². The third kappa shape index (κ3) is 3.65. The number of benzene rings is 2. The Labute approximate surface area is 187 Å². The molecule has 0 aliphatic heterocycles. The highest BCUT2D eigenvalue weighted by Crippen LogP contribution is 2.36. The minimum absolute atomic E-state index is 0.108. The average molecular weight is 439 g/mol. The standard InChI is InChI=1S/C24H18FN7O/c1-13-17-10-15(4-7-19(17)29-12-28-13)18-11-21(32-9-8-20(31-32)24(27)33)23(26)30-22(18)14-2-5-16(25)6-3-14/h2-12H,1H3,(H2,26,30)(H2,27,33). The van der Waals surface area contributed by atoms with Crippen molar-refractivity contribution in [3.05, 3.63) is 84.3 Å². The lowest BCUT2D eigenvalue weighted by atomic mass is 9.97. The van der Waals surface area contributed by atoms with Crippen molar-refractivity contribution in [2.45, 2.75) is 6.92 Å². The van der Waals surface area contributed by atoms with Crippen LogP contribution in [0.1, 0.15) is 16.2 Å². The summed E-state index contributed by atoms with van der Waals surface area (Å²) in [7, 11) is 0. The second-order valence-electron chi connectivity index (χ2n) is 7.50.